The van der Waals surface area contributed by atoms with E-state index in [0.717, 1.165) is 33.5 Å². The largest absolute Gasteiger partial charge is 0.369 e. The summed E-state index contributed by atoms with van der Waals surface area (Å²) in [6.07, 6.45) is 3.60. The predicted octanol–water partition coefficient (Wildman–Crippen LogP) is 3.68. The van der Waals surface area contributed by atoms with Crippen molar-refractivity contribution in [2.45, 2.75) is 0 Å². The van der Waals surface area contributed by atoms with Crippen LogP contribution in [-0.2, 0) is 0 Å². The molecule has 0 aliphatic heterocycles. The second-order valence-electron chi connectivity index (χ2n) is 6.40. The quantitative estimate of drug-likeness (QED) is 0.467. The third-order valence-electron chi connectivity index (χ3n) is 4.38. The van der Waals surface area contributed by atoms with Gasteiger partial charge in [-0.05, 0) is 30.3 Å². The molecule has 0 aliphatic rings. The van der Waals surface area contributed by atoms with Crippen LogP contribution in [0, 0.1) is 11.3 Å². The fourth-order valence-electron chi connectivity index (χ4n) is 3.00. The first kappa shape index (κ1) is 18.3. The lowest BCUT2D eigenvalue weighted by Crippen LogP contribution is -2.13. The molecule has 29 heavy (non-hydrogen) atoms. The standard InChI is InChI=1S/C22H19N7/c23-9-10-25-20-8-7-16(13-26-20)19-6-2-4-17-14-27-22(29-21(17)19)28-18-5-1-3-15(11-18)12-24/h1-8,11,13-14H,9-10,23H2,(H,25,26)(H,27,28,29). The van der Waals surface area contributed by atoms with Crippen LogP contribution in [0.5, 0.6) is 0 Å². The average Bonchev–Trinajstić information content (AvgIpc) is 2.78. The molecule has 0 saturated carbocycles. The maximum atomic E-state index is 9.07. The number of nitrogens with zero attached hydrogens (tertiary/aromatic N) is 4. The zero-order valence-corrected chi connectivity index (χ0v) is 15.6. The zero-order chi connectivity index (χ0) is 20.1. The molecule has 4 N–H and O–H groups in total. The van der Waals surface area contributed by atoms with E-state index in [0.29, 0.717) is 24.6 Å². The Bertz CT molecular complexity index is 1180. The van der Waals surface area contributed by atoms with E-state index in [9.17, 15) is 0 Å². The van der Waals surface area contributed by atoms with Gasteiger partial charge in [0, 0.05) is 47.7 Å². The lowest BCUT2D eigenvalue weighted by Gasteiger charge is -2.10. The highest BCUT2D eigenvalue weighted by Gasteiger charge is 2.08. The van der Waals surface area contributed by atoms with E-state index in [-0.39, 0.29) is 0 Å². The topological polar surface area (TPSA) is 113 Å². The van der Waals surface area contributed by atoms with Crippen LogP contribution in [0.3, 0.4) is 0 Å². The Balaban J connectivity index is 1.68. The Hall–Kier alpha value is -4.02. The summed E-state index contributed by atoms with van der Waals surface area (Å²) in [5.74, 6) is 1.25. The van der Waals surface area contributed by atoms with Crippen LogP contribution < -0.4 is 16.4 Å². The molecule has 142 valence electrons. The van der Waals surface area contributed by atoms with Gasteiger partial charge in [0.1, 0.15) is 5.82 Å². The number of pyridine rings is 1. The molecular weight excluding hydrogens is 362 g/mol. The lowest BCUT2D eigenvalue weighted by molar-refractivity contribution is 1.01. The smallest absolute Gasteiger partial charge is 0.227 e. The molecule has 0 spiro atoms. The normalized spacial score (nSPS) is 10.5. The number of aromatic nitrogens is 3. The number of hydrogen-bond donors (Lipinski definition) is 3. The van der Waals surface area contributed by atoms with Crippen LogP contribution in [0.25, 0.3) is 22.0 Å². The minimum Gasteiger partial charge on any atom is -0.369 e. The summed E-state index contributed by atoms with van der Waals surface area (Å²) < 4.78 is 0. The van der Waals surface area contributed by atoms with Gasteiger partial charge >= 0.3 is 0 Å². The van der Waals surface area contributed by atoms with Gasteiger partial charge in [0.15, 0.2) is 0 Å². The van der Waals surface area contributed by atoms with E-state index in [1.54, 1.807) is 18.3 Å². The van der Waals surface area contributed by atoms with Gasteiger partial charge in [-0.3, -0.25) is 0 Å². The van der Waals surface area contributed by atoms with E-state index in [4.69, 9.17) is 16.0 Å². The van der Waals surface area contributed by atoms with Crippen LogP contribution in [0.15, 0.2) is 67.0 Å². The molecule has 0 amide bonds. The summed E-state index contributed by atoms with van der Waals surface area (Å²) in [5, 5.41) is 16.3. The molecule has 7 heteroatoms. The fraction of sp³-hybridized carbons (Fsp3) is 0.0909. The highest BCUT2D eigenvalue weighted by atomic mass is 15.1. The number of para-hydroxylation sites is 1. The van der Waals surface area contributed by atoms with Gasteiger partial charge < -0.3 is 16.4 Å². The maximum Gasteiger partial charge on any atom is 0.227 e. The molecule has 0 saturated heterocycles. The molecule has 2 heterocycles. The van der Waals surface area contributed by atoms with E-state index < -0.39 is 0 Å². The molecule has 0 aliphatic carbocycles. The Kier molecular flexibility index (Phi) is 5.27. The highest BCUT2D eigenvalue weighted by molar-refractivity contribution is 5.93. The van der Waals surface area contributed by atoms with E-state index in [1.807, 2.05) is 48.7 Å². The molecule has 0 radical (unpaired) electrons. The number of nitrogens with one attached hydrogen (secondary N) is 2. The molecule has 0 bridgehead atoms. The monoisotopic (exact) mass is 381 g/mol. The van der Waals surface area contributed by atoms with Crippen molar-refractivity contribution in [3.05, 3.63) is 72.6 Å². The molecule has 4 rings (SSSR count). The average molecular weight is 381 g/mol. The highest BCUT2D eigenvalue weighted by Crippen LogP contribution is 2.28. The van der Waals surface area contributed by atoms with Gasteiger partial charge in [-0.1, -0.05) is 24.3 Å². The lowest BCUT2D eigenvalue weighted by atomic mass is 10.0. The molecule has 2 aromatic heterocycles. The van der Waals surface area contributed by atoms with Crippen molar-refractivity contribution >= 4 is 28.4 Å². The minimum absolute atomic E-state index is 0.467. The number of nitrogens with two attached hydrogens (primary N) is 1. The van der Waals surface area contributed by atoms with Crippen LogP contribution in [0.2, 0.25) is 0 Å². The van der Waals surface area contributed by atoms with Crippen molar-refractivity contribution in [3.8, 4) is 17.2 Å². The van der Waals surface area contributed by atoms with Crippen LogP contribution in [0.4, 0.5) is 17.5 Å². The number of anilines is 3. The van der Waals surface area contributed by atoms with E-state index in [1.165, 1.54) is 0 Å². The van der Waals surface area contributed by atoms with Crippen molar-refractivity contribution in [1.29, 1.82) is 5.26 Å². The first-order valence-electron chi connectivity index (χ1n) is 9.20. The summed E-state index contributed by atoms with van der Waals surface area (Å²) in [7, 11) is 0. The summed E-state index contributed by atoms with van der Waals surface area (Å²) >= 11 is 0. The summed E-state index contributed by atoms with van der Waals surface area (Å²) in [5.41, 5.74) is 9.61. The zero-order valence-electron chi connectivity index (χ0n) is 15.6. The first-order valence-corrected chi connectivity index (χ1v) is 9.20. The Labute approximate surface area is 168 Å². The second kappa shape index (κ2) is 8.33. The fourth-order valence-corrected chi connectivity index (χ4v) is 3.00. The number of rotatable bonds is 6. The SMILES string of the molecule is N#Cc1cccc(Nc2ncc3cccc(-c4ccc(NCCN)nc4)c3n2)c1. The summed E-state index contributed by atoms with van der Waals surface area (Å²) in [6, 6.07) is 19.2. The second-order valence-corrected chi connectivity index (χ2v) is 6.40. The van der Waals surface area contributed by atoms with Crippen molar-refractivity contribution in [1.82, 2.24) is 15.0 Å². The molecule has 0 unspecified atom stereocenters. The van der Waals surface area contributed by atoms with Gasteiger partial charge in [0.25, 0.3) is 0 Å². The van der Waals surface area contributed by atoms with E-state index in [2.05, 4.69) is 26.7 Å². The molecule has 0 atom stereocenters. The van der Waals surface area contributed by atoms with Gasteiger partial charge in [-0.15, -0.1) is 0 Å². The van der Waals surface area contributed by atoms with Crippen molar-refractivity contribution in [3.63, 3.8) is 0 Å². The molecule has 2 aromatic carbocycles. The molecule has 0 fully saturated rings. The maximum absolute atomic E-state index is 9.07. The number of fused-ring (bicyclic) bond motifs is 1. The van der Waals surface area contributed by atoms with Crippen molar-refractivity contribution in [2.75, 3.05) is 23.7 Å². The number of hydrogen-bond acceptors (Lipinski definition) is 7. The third kappa shape index (κ3) is 4.13. The van der Waals surface area contributed by atoms with Gasteiger partial charge in [-0.2, -0.15) is 5.26 Å². The van der Waals surface area contributed by atoms with Crippen LogP contribution in [0.1, 0.15) is 5.56 Å². The minimum atomic E-state index is 0.467. The molecule has 4 aromatic rings. The van der Waals surface area contributed by atoms with E-state index >= 15 is 0 Å². The van der Waals surface area contributed by atoms with Gasteiger partial charge in [0.05, 0.1) is 17.1 Å². The van der Waals surface area contributed by atoms with Crippen molar-refractivity contribution < 1.29 is 0 Å². The number of nitriles is 1. The first-order chi connectivity index (χ1) is 14.3. The van der Waals surface area contributed by atoms with Crippen LogP contribution >= 0.6 is 0 Å². The number of benzene rings is 2. The van der Waals surface area contributed by atoms with Crippen molar-refractivity contribution in [2.24, 2.45) is 5.73 Å². The molecular formula is C22H19N7. The van der Waals surface area contributed by atoms with Gasteiger partial charge in [-0.25, -0.2) is 15.0 Å². The van der Waals surface area contributed by atoms with Crippen LogP contribution in [-0.4, -0.2) is 28.0 Å². The summed E-state index contributed by atoms with van der Waals surface area (Å²) in [4.78, 5) is 13.6. The summed E-state index contributed by atoms with van der Waals surface area (Å²) in [6.45, 7) is 1.23. The predicted molar refractivity (Wildman–Crippen MR) is 115 cm³/mol. The Morgan fingerprint density at radius 2 is 1.90 bits per heavy atom. The third-order valence-corrected chi connectivity index (χ3v) is 4.38. The Morgan fingerprint density at radius 1 is 1.00 bits per heavy atom. The molecule has 7 nitrogen and oxygen atoms in total. The van der Waals surface area contributed by atoms with Gasteiger partial charge in [0.2, 0.25) is 5.95 Å². The Morgan fingerprint density at radius 3 is 2.69 bits per heavy atom.